The number of nitrogens with zero attached hydrogens (tertiary/aromatic N) is 3. The highest BCUT2D eigenvalue weighted by Crippen LogP contribution is 2.37. The maximum absolute atomic E-state index is 13.5. The molecule has 5 aromatic rings. The molecule has 5 rings (SSSR count). The highest BCUT2D eigenvalue weighted by Gasteiger charge is 2.23. The van der Waals surface area contributed by atoms with Gasteiger partial charge >= 0.3 is 0 Å². The molecule has 0 spiro atoms. The molecule has 0 unspecified atom stereocenters. The molecule has 0 aliphatic heterocycles. The first-order valence-corrected chi connectivity index (χ1v) is 12.3. The zero-order valence-electron chi connectivity index (χ0n) is 18.7. The summed E-state index contributed by atoms with van der Waals surface area (Å²) in [5.41, 5.74) is 3.20. The molecular weight excluding hydrogens is 472 g/mol. The number of aromatic nitrogens is 2. The number of sulfonamides is 1. The summed E-state index contributed by atoms with van der Waals surface area (Å²) < 4.78 is 28.3. The first kappa shape index (κ1) is 22.3. The van der Waals surface area contributed by atoms with Crippen LogP contribution < -0.4 is 5.32 Å². The quantitative estimate of drug-likeness (QED) is 0.378. The van der Waals surface area contributed by atoms with Gasteiger partial charge in [0.05, 0.1) is 37.7 Å². The Labute approximate surface area is 201 Å². The summed E-state index contributed by atoms with van der Waals surface area (Å²) in [7, 11) is -0.863. The molecule has 2 aromatic heterocycles. The highest BCUT2D eigenvalue weighted by molar-refractivity contribution is 7.89. The zero-order chi connectivity index (χ0) is 24.2. The highest BCUT2D eigenvalue weighted by atomic mass is 35.5. The van der Waals surface area contributed by atoms with E-state index >= 15 is 0 Å². The summed E-state index contributed by atoms with van der Waals surface area (Å²) in [6.45, 7) is 1.92. The maximum atomic E-state index is 13.5. The first-order chi connectivity index (χ1) is 16.2. The lowest BCUT2D eigenvalue weighted by Crippen LogP contribution is -2.23. The molecule has 0 fully saturated rings. The number of hydrogen-bond donors (Lipinski definition) is 1. The van der Waals surface area contributed by atoms with Crippen LogP contribution in [0.15, 0.2) is 71.6 Å². The van der Waals surface area contributed by atoms with Gasteiger partial charge < -0.3 is 5.32 Å². The van der Waals surface area contributed by atoms with Crippen molar-refractivity contribution in [2.75, 3.05) is 19.4 Å². The van der Waals surface area contributed by atoms with E-state index in [1.807, 2.05) is 59.9 Å². The van der Waals surface area contributed by atoms with E-state index < -0.39 is 15.9 Å². The number of fused-ring (bicyclic) bond motifs is 5. The molecule has 1 N–H and O–H groups in total. The van der Waals surface area contributed by atoms with Crippen molar-refractivity contribution in [2.45, 2.75) is 11.8 Å². The largest absolute Gasteiger partial charge is 0.320 e. The Kier molecular flexibility index (Phi) is 5.31. The Hall–Kier alpha value is -3.46. The van der Waals surface area contributed by atoms with Crippen LogP contribution in [-0.4, -0.2) is 42.1 Å². The van der Waals surface area contributed by atoms with E-state index in [0.29, 0.717) is 5.69 Å². The van der Waals surface area contributed by atoms with Gasteiger partial charge in [-0.2, -0.15) is 0 Å². The minimum Gasteiger partial charge on any atom is -0.320 e. The fraction of sp³-hybridized carbons (Fsp3) is 0.120. The maximum Gasteiger partial charge on any atom is 0.257 e. The number of halogens is 1. The molecule has 0 saturated carbocycles. The van der Waals surface area contributed by atoms with Gasteiger partial charge in [0.2, 0.25) is 10.0 Å². The van der Waals surface area contributed by atoms with E-state index in [1.54, 1.807) is 0 Å². The number of carbonyl (C=O) groups excluding carboxylic acids is 1. The fourth-order valence-electron chi connectivity index (χ4n) is 4.18. The molecule has 0 radical (unpaired) electrons. The second-order valence-electron chi connectivity index (χ2n) is 8.14. The third kappa shape index (κ3) is 3.42. The normalized spacial score (nSPS) is 12.1. The lowest BCUT2D eigenvalue weighted by Gasteiger charge is -2.13. The van der Waals surface area contributed by atoms with Crippen molar-refractivity contribution in [3.8, 4) is 0 Å². The predicted octanol–water partition coefficient (Wildman–Crippen LogP) is 5.11. The van der Waals surface area contributed by atoms with Crippen molar-refractivity contribution >= 4 is 60.5 Å². The number of para-hydroxylation sites is 2. The van der Waals surface area contributed by atoms with Crippen LogP contribution in [0.25, 0.3) is 27.3 Å². The molecule has 0 aliphatic rings. The molecule has 1 amide bonds. The summed E-state index contributed by atoms with van der Waals surface area (Å²) in [4.78, 5) is 18.2. The van der Waals surface area contributed by atoms with Crippen LogP contribution in [0.1, 0.15) is 16.2 Å². The molecule has 172 valence electrons. The molecule has 0 saturated heterocycles. The van der Waals surface area contributed by atoms with Crippen molar-refractivity contribution in [1.82, 2.24) is 13.7 Å². The minimum atomic E-state index is -3.73. The SMILES string of the molecule is Cc1nc2ccccc2c2c(NC(=O)c3cc(S(=O)(=O)N(C)C)ccc3Cl)c3ccccc3n12. The van der Waals surface area contributed by atoms with E-state index in [2.05, 4.69) is 5.32 Å². The van der Waals surface area contributed by atoms with Gasteiger partial charge in [0, 0.05) is 24.9 Å². The zero-order valence-corrected chi connectivity index (χ0v) is 20.3. The molecule has 34 heavy (non-hydrogen) atoms. The van der Waals surface area contributed by atoms with Crippen molar-refractivity contribution in [1.29, 1.82) is 0 Å². The lowest BCUT2D eigenvalue weighted by atomic mass is 10.1. The second-order valence-corrected chi connectivity index (χ2v) is 10.7. The van der Waals surface area contributed by atoms with E-state index in [4.69, 9.17) is 16.6 Å². The molecule has 0 atom stereocenters. The van der Waals surface area contributed by atoms with Gasteiger partial charge in [-0.15, -0.1) is 0 Å². The predicted molar refractivity (Wildman–Crippen MR) is 135 cm³/mol. The molecule has 9 heteroatoms. The van der Waals surface area contributed by atoms with Crippen molar-refractivity contribution in [3.05, 3.63) is 83.1 Å². The number of anilines is 1. The number of carbonyl (C=O) groups is 1. The number of nitrogens with one attached hydrogen (secondary N) is 1. The van der Waals surface area contributed by atoms with Crippen molar-refractivity contribution in [2.24, 2.45) is 0 Å². The van der Waals surface area contributed by atoms with Gasteiger partial charge in [0.15, 0.2) is 0 Å². The lowest BCUT2D eigenvalue weighted by molar-refractivity contribution is 0.102. The van der Waals surface area contributed by atoms with Crippen LogP contribution in [0, 0.1) is 6.92 Å². The second kappa shape index (κ2) is 8.09. The molecule has 3 aromatic carbocycles. The minimum absolute atomic E-state index is 0.0101. The van der Waals surface area contributed by atoms with Gasteiger partial charge in [-0.25, -0.2) is 17.7 Å². The van der Waals surface area contributed by atoms with Crippen LogP contribution in [0.4, 0.5) is 5.69 Å². The Morgan fingerprint density at radius 2 is 1.68 bits per heavy atom. The monoisotopic (exact) mass is 492 g/mol. The topological polar surface area (TPSA) is 83.8 Å². The van der Waals surface area contributed by atoms with Gasteiger partial charge in [0.1, 0.15) is 5.82 Å². The molecular formula is C25H21ClN4O3S. The van der Waals surface area contributed by atoms with E-state index in [-0.39, 0.29) is 15.5 Å². The third-order valence-electron chi connectivity index (χ3n) is 5.84. The van der Waals surface area contributed by atoms with Crippen LogP contribution in [0.3, 0.4) is 0 Å². The first-order valence-electron chi connectivity index (χ1n) is 10.5. The summed E-state index contributed by atoms with van der Waals surface area (Å²) >= 11 is 6.33. The van der Waals surface area contributed by atoms with Crippen molar-refractivity contribution in [3.63, 3.8) is 0 Å². The Balaban J connectivity index is 1.73. The van der Waals surface area contributed by atoms with Gasteiger partial charge in [-0.1, -0.05) is 48.0 Å². The number of benzene rings is 3. The van der Waals surface area contributed by atoms with Crippen LogP contribution in [-0.2, 0) is 10.0 Å². The standard InChI is InChI=1S/C25H21ClN4O3S/c1-15-27-21-10-6-4-8-17(21)24-23(18-9-5-7-11-22(18)30(15)24)28-25(31)19-14-16(12-13-20(19)26)34(32,33)29(2)3/h4-14H,1-3H3,(H,28,31). The Morgan fingerprint density at radius 3 is 2.41 bits per heavy atom. The fourth-order valence-corrected chi connectivity index (χ4v) is 5.32. The molecule has 0 aliphatic carbocycles. The summed E-state index contributed by atoms with van der Waals surface area (Å²) in [6, 6.07) is 19.6. The van der Waals surface area contributed by atoms with Crippen molar-refractivity contribution < 1.29 is 13.2 Å². The Bertz CT molecular complexity index is 1730. The summed E-state index contributed by atoms with van der Waals surface area (Å²) in [5, 5.41) is 4.89. The smallest absolute Gasteiger partial charge is 0.257 e. The molecule has 7 nitrogen and oxygen atoms in total. The number of rotatable bonds is 4. The number of aryl methyl sites for hydroxylation is 1. The Morgan fingerprint density at radius 1 is 1.00 bits per heavy atom. The van der Waals surface area contributed by atoms with E-state index in [9.17, 15) is 13.2 Å². The number of hydrogen-bond acceptors (Lipinski definition) is 4. The van der Waals surface area contributed by atoms with Crippen LogP contribution >= 0.6 is 11.6 Å². The summed E-state index contributed by atoms with van der Waals surface area (Å²) in [6.07, 6.45) is 0. The average Bonchev–Trinajstić information content (AvgIpc) is 3.14. The summed E-state index contributed by atoms with van der Waals surface area (Å²) in [5.74, 6) is 0.278. The third-order valence-corrected chi connectivity index (χ3v) is 7.98. The van der Waals surface area contributed by atoms with Crippen LogP contribution in [0.5, 0.6) is 0 Å². The van der Waals surface area contributed by atoms with Crippen LogP contribution in [0.2, 0.25) is 5.02 Å². The van der Waals surface area contributed by atoms with Gasteiger partial charge in [0.25, 0.3) is 5.91 Å². The van der Waals surface area contributed by atoms with Gasteiger partial charge in [-0.3, -0.25) is 9.20 Å². The molecule has 0 bridgehead atoms. The average molecular weight is 493 g/mol. The van der Waals surface area contributed by atoms with E-state index in [1.165, 1.54) is 32.3 Å². The van der Waals surface area contributed by atoms with Gasteiger partial charge in [-0.05, 0) is 37.3 Å². The number of amides is 1. The molecule has 2 heterocycles. The van der Waals surface area contributed by atoms with E-state index in [0.717, 1.165) is 37.5 Å².